The number of para-hydroxylation sites is 1. The highest BCUT2D eigenvalue weighted by Crippen LogP contribution is 2.30. The number of piperidine rings is 1. The van der Waals surface area contributed by atoms with Gasteiger partial charge in [-0.25, -0.2) is 4.79 Å². The first-order chi connectivity index (χ1) is 10.2. The molecule has 2 rings (SSSR count). The highest BCUT2D eigenvalue weighted by molar-refractivity contribution is 5.98. The van der Waals surface area contributed by atoms with Crippen LogP contribution >= 0.6 is 0 Å². The smallest absolute Gasteiger partial charge is 0.340 e. The lowest BCUT2D eigenvalue weighted by atomic mass is 10.0. The minimum absolute atomic E-state index is 0.231. The van der Waals surface area contributed by atoms with Gasteiger partial charge in [0.05, 0.1) is 29.6 Å². The van der Waals surface area contributed by atoms with Crippen molar-refractivity contribution in [1.29, 1.82) is 0 Å². The molecule has 1 unspecified atom stereocenters. The van der Waals surface area contributed by atoms with Gasteiger partial charge in [-0.2, -0.15) is 0 Å². The SMILES string of the molecule is CCOC(=O)c1cccc(N2CCCC(OCC)C2)c1N. The maximum atomic E-state index is 11.9. The lowest BCUT2D eigenvalue weighted by molar-refractivity contribution is 0.0526. The van der Waals surface area contributed by atoms with Crippen LogP contribution < -0.4 is 10.6 Å². The van der Waals surface area contributed by atoms with Crippen LogP contribution in [0.25, 0.3) is 0 Å². The molecule has 0 saturated carbocycles. The molecule has 0 amide bonds. The molecule has 1 aromatic carbocycles. The maximum Gasteiger partial charge on any atom is 0.340 e. The molecule has 0 aliphatic carbocycles. The number of ether oxygens (including phenoxy) is 2. The summed E-state index contributed by atoms with van der Waals surface area (Å²) in [6.07, 6.45) is 2.37. The van der Waals surface area contributed by atoms with Crippen molar-refractivity contribution in [2.45, 2.75) is 32.8 Å². The number of rotatable bonds is 5. The molecule has 0 radical (unpaired) electrons. The number of hydrogen-bond acceptors (Lipinski definition) is 5. The summed E-state index contributed by atoms with van der Waals surface area (Å²) < 4.78 is 10.8. The molecule has 5 heteroatoms. The number of esters is 1. The molecule has 1 fully saturated rings. The van der Waals surface area contributed by atoms with Gasteiger partial charge in [-0.15, -0.1) is 0 Å². The van der Waals surface area contributed by atoms with Crippen LogP contribution in [-0.2, 0) is 9.47 Å². The summed E-state index contributed by atoms with van der Waals surface area (Å²) in [5, 5.41) is 0. The van der Waals surface area contributed by atoms with E-state index in [-0.39, 0.29) is 12.1 Å². The predicted octanol–water partition coefficient (Wildman–Crippen LogP) is 2.45. The van der Waals surface area contributed by atoms with Gasteiger partial charge in [0.15, 0.2) is 0 Å². The molecular formula is C16H24N2O3. The molecule has 1 atom stereocenters. The van der Waals surface area contributed by atoms with Gasteiger partial charge in [-0.1, -0.05) is 6.07 Å². The third-order valence-electron chi connectivity index (χ3n) is 3.70. The van der Waals surface area contributed by atoms with Crippen LogP contribution in [0.4, 0.5) is 11.4 Å². The van der Waals surface area contributed by atoms with Gasteiger partial charge in [-0.3, -0.25) is 0 Å². The standard InChI is InChI=1S/C16H24N2O3/c1-3-20-12-7-6-10-18(11-12)14-9-5-8-13(15(14)17)16(19)21-4-2/h5,8-9,12H,3-4,6-7,10-11,17H2,1-2H3. The second-order valence-electron chi connectivity index (χ2n) is 5.12. The molecule has 1 heterocycles. The number of hydrogen-bond donors (Lipinski definition) is 1. The van der Waals surface area contributed by atoms with E-state index >= 15 is 0 Å². The van der Waals surface area contributed by atoms with E-state index in [4.69, 9.17) is 15.2 Å². The number of carbonyl (C=O) groups excluding carboxylic acids is 1. The molecule has 5 nitrogen and oxygen atoms in total. The van der Waals surface area contributed by atoms with Crippen LogP contribution in [0.5, 0.6) is 0 Å². The zero-order valence-electron chi connectivity index (χ0n) is 12.8. The zero-order chi connectivity index (χ0) is 15.2. The average molecular weight is 292 g/mol. The topological polar surface area (TPSA) is 64.8 Å². The molecular weight excluding hydrogens is 268 g/mol. The number of anilines is 2. The Bertz CT molecular complexity index is 488. The highest BCUT2D eigenvalue weighted by Gasteiger charge is 2.23. The van der Waals surface area contributed by atoms with Crippen molar-refractivity contribution >= 4 is 17.3 Å². The van der Waals surface area contributed by atoms with E-state index in [9.17, 15) is 4.79 Å². The van der Waals surface area contributed by atoms with Crippen molar-refractivity contribution in [3.63, 3.8) is 0 Å². The first-order valence-corrected chi connectivity index (χ1v) is 7.59. The number of nitrogens with zero attached hydrogens (tertiary/aromatic N) is 1. The van der Waals surface area contributed by atoms with E-state index in [2.05, 4.69) is 4.90 Å². The van der Waals surface area contributed by atoms with Gasteiger partial charge in [-0.05, 0) is 38.8 Å². The monoisotopic (exact) mass is 292 g/mol. The van der Waals surface area contributed by atoms with Gasteiger partial charge in [0.1, 0.15) is 0 Å². The van der Waals surface area contributed by atoms with Gasteiger partial charge < -0.3 is 20.1 Å². The summed E-state index contributed by atoms with van der Waals surface area (Å²) >= 11 is 0. The van der Waals surface area contributed by atoms with Gasteiger partial charge in [0.25, 0.3) is 0 Å². The molecule has 1 aromatic rings. The Morgan fingerprint density at radius 3 is 2.90 bits per heavy atom. The Labute approximate surface area is 126 Å². The quantitative estimate of drug-likeness (QED) is 0.667. The molecule has 1 aliphatic heterocycles. The lowest BCUT2D eigenvalue weighted by Crippen LogP contribution is -2.40. The first-order valence-electron chi connectivity index (χ1n) is 7.59. The zero-order valence-corrected chi connectivity index (χ0v) is 12.8. The van der Waals surface area contributed by atoms with Crippen molar-refractivity contribution < 1.29 is 14.3 Å². The molecule has 2 N–H and O–H groups in total. The number of nitrogens with two attached hydrogens (primary N) is 1. The van der Waals surface area contributed by atoms with Crippen molar-refractivity contribution in [3.8, 4) is 0 Å². The van der Waals surface area contributed by atoms with Crippen molar-refractivity contribution in [2.75, 3.05) is 36.9 Å². The van der Waals surface area contributed by atoms with Crippen molar-refractivity contribution in [2.24, 2.45) is 0 Å². The van der Waals surface area contributed by atoms with Crippen LogP contribution in [-0.4, -0.2) is 38.4 Å². The summed E-state index contributed by atoms with van der Waals surface area (Å²) in [6, 6.07) is 5.51. The molecule has 0 aromatic heterocycles. The van der Waals surface area contributed by atoms with Crippen LogP contribution in [0.1, 0.15) is 37.0 Å². The third kappa shape index (κ3) is 3.67. The lowest BCUT2D eigenvalue weighted by Gasteiger charge is -2.35. The first kappa shape index (κ1) is 15.6. The van der Waals surface area contributed by atoms with E-state index in [1.165, 1.54) is 0 Å². The van der Waals surface area contributed by atoms with Gasteiger partial charge in [0, 0.05) is 19.7 Å². The summed E-state index contributed by atoms with van der Waals surface area (Å²) in [6.45, 7) is 6.60. The average Bonchev–Trinajstić information content (AvgIpc) is 2.48. The number of nitrogen functional groups attached to an aromatic ring is 1. The largest absolute Gasteiger partial charge is 0.462 e. The molecule has 21 heavy (non-hydrogen) atoms. The fourth-order valence-corrected chi connectivity index (χ4v) is 2.74. The molecule has 0 bridgehead atoms. The minimum Gasteiger partial charge on any atom is -0.462 e. The predicted molar refractivity (Wildman–Crippen MR) is 83.7 cm³/mol. The second kappa shape index (κ2) is 7.31. The fraction of sp³-hybridized carbons (Fsp3) is 0.562. The van der Waals surface area contributed by atoms with Crippen LogP contribution in [0, 0.1) is 0 Å². The Morgan fingerprint density at radius 1 is 1.38 bits per heavy atom. The number of benzene rings is 1. The van der Waals surface area contributed by atoms with E-state index in [0.717, 1.165) is 38.2 Å². The summed E-state index contributed by atoms with van der Waals surface area (Å²) in [4.78, 5) is 14.1. The van der Waals surface area contributed by atoms with E-state index in [1.54, 1.807) is 13.0 Å². The van der Waals surface area contributed by atoms with E-state index in [0.29, 0.717) is 17.9 Å². The Kier molecular flexibility index (Phi) is 5.44. The van der Waals surface area contributed by atoms with Crippen molar-refractivity contribution in [3.05, 3.63) is 23.8 Å². The molecule has 116 valence electrons. The van der Waals surface area contributed by atoms with E-state index in [1.807, 2.05) is 19.1 Å². The van der Waals surface area contributed by atoms with Crippen LogP contribution in [0.3, 0.4) is 0 Å². The third-order valence-corrected chi connectivity index (χ3v) is 3.70. The normalized spacial score (nSPS) is 18.6. The minimum atomic E-state index is -0.366. The fourth-order valence-electron chi connectivity index (χ4n) is 2.74. The molecule has 1 saturated heterocycles. The van der Waals surface area contributed by atoms with Crippen molar-refractivity contribution in [1.82, 2.24) is 0 Å². The Hall–Kier alpha value is -1.75. The van der Waals surface area contributed by atoms with Crippen LogP contribution in [0.2, 0.25) is 0 Å². The Balaban J connectivity index is 2.19. The van der Waals surface area contributed by atoms with Gasteiger partial charge >= 0.3 is 5.97 Å². The molecule has 0 spiro atoms. The van der Waals surface area contributed by atoms with Gasteiger partial charge in [0.2, 0.25) is 0 Å². The molecule has 1 aliphatic rings. The Morgan fingerprint density at radius 2 is 2.19 bits per heavy atom. The summed E-state index contributed by atoms with van der Waals surface area (Å²) in [7, 11) is 0. The maximum absolute atomic E-state index is 11.9. The van der Waals surface area contributed by atoms with E-state index < -0.39 is 0 Å². The highest BCUT2D eigenvalue weighted by atomic mass is 16.5. The summed E-state index contributed by atoms with van der Waals surface area (Å²) in [5.74, 6) is -0.366. The van der Waals surface area contributed by atoms with Crippen LogP contribution in [0.15, 0.2) is 18.2 Å². The number of carbonyl (C=O) groups is 1. The second-order valence-corrected chi connectivity index (χ2v) is 5.12. The summed E-state index contributed by atoms with van der Waals surface area (Å²) in [5.41, 5.74) is 8.01.